The number of benzene rings is 1. The first-order valence-corrected chi connectivity index (χ1v) is 7.95. The van der Waals surface area contributed by atoms with Crippen molar-refractivity contribution in [3.63, 3.8) is 0 Å². The molecule has 106 valence electrons. The highest BCUT2D eigenvalue weighted by atomic mass is 32.1. The summed E-state index contributed by atoms with van der Waals surface area (Å²) in [7, 11) is 0. The lowest BCUT2D eigenvalue weighted by Gasteiger charge is -2.14. The van der Waals surface area contributed by atoms with Gasteiger partial charge in [-0.2, -0.15) is 12.6 Å². The average Bonchev–Trinajstić information content (AvgIpc) is 2.99. The van der Waals surface area contributed by atoms with Crippen molar-refractivity contribution in [2.45, 2.75) is 24.5 Å². The van der Waals surface area contributed by atoms with Gasteiger partial charge in [0.15, 0.2) is 0 Å². The van der Waals surface area contributed by atoms with Crippen LogP contribution >= 0.6 is 24.0 Å². The van der Waals surface area contributed by atoms with E-state index in [1.807, 2.05) is 35.7 Å². The van der Waals surface area contributed by atoms with Crippen LogP contribution in [-0.4, -0.2) is 22.7 Å². The summed E-state index contributed by atoms with van der Waals surface area (Å²) in [6, 6.07) is 9.92. The van der Waals surface area contributed by atoms with Gasteiger partial charge in [0.25, 0.3) is 0 Å². The zero-order valence-electron chi connectivity index (χ0n) is 11.3. The van der Waals surface area contributed by atoms with E-state index in [-0.39, 0.29) is 17.1 Å². The lowest BCUT2D eigenvalue weighted by molar-refractivity contribution is -0.120. The number of hydrogen-bond acceptors (Lipinski definition) is 4. The molecule has 2 atom stereocenters. The average molecular weight is 306 g/mol. The summed E-state index contributed by atoms with van der Waals surface area (Å²) in [6.07, 6.45) is 2.43. The van der Waals surface area contributed by atoms with E-state index in [0.29, 0.717) is 13.0 Å². The van der Waals surface area contributed by atoms with E-state index in [4.69, 9.17) is 0 Å². The van der Waals surface area contributed by atoms with Gasteiger partial charge in [0.2, 0.25) is 5.91 Å². The lowest BCUT2D eigenvalue weighted by Crippen LogP contribution is -2.35. The van der Waals surface area contributed by atoms with Crippen LogP contribution in [0.25, 0.3) is 0 Å². The Balaban J connectivity index is 1.79. The first kappa shape index (κ1) is 15.1. The summed E-state index contributed by atoms with van der Waals surface area (Å²) in [5, 5.41) is 5.62. The van der Waals surface area contributed by atoms with Crippen LogP contribution in [0.4, 0.5) is 0 Å². The van der Waals surface area contributed by atoms with Crippen LogP contribution in [-0.2, 0) is 11.2 Å². The Morgan fingerprint density at radius 3 is 2.80 bits per heavy atom. The quantitative estimate of drug-likeness (QED) is 0.806. The van der Waals surface area contributed by atoms with Gasteiger partial charge >= 0.3 is 0 Å². The molecule has 2 unspecified atom stereocenters. The Hall–Kier alpha value is -1.33. The summed E-state index contributed by atoms with van der Waals surface area (Å²) in [4.78, 5) is 16.3. The van der Waals surface area contributed by atoms with Gasteiger partial charge in [-0.3, -0.25) is 4.79 Å². The third-order valence-corrected chi connectivity index (χ3v) is 4.45. The van der Waals surface area contributed by atoms with Crippen LogP contribution in [0, 0.1) is 0 Å². The number of rotatable bonds is 6. The van der Waals surface area contributed by atoms with Gasteiger partial charge in [-0.05, 0) is 12.0 Å². The van der Waals surface area contributed by atoms with Gasteiger partial charge in [-0.15, -0.1) is 11.3 Å². The van der Waals surface area contributed by atoms with Gasteiger partial charge < -0.3 is 5.32 Å². The molecule has 0 saturated heterocycles. The van der Waals surface area contributed by atoms with Crippen molar-refractivity contribution in [3.8, 4) is 0 Å². The van der Waals surface area contributed by atoms with Crippen molar-refractivity contribution in [1.82, 2.24) is 10.3 Å². The minimum absolute atomic E-state index is 0.0272. The molecule has 0 aliphatic heterocycles. The monoisotopic (exact) mass is 306 g/mol. The van der Waals surface area contributed by atoms with Crippen molar-refractivity contribution in [1.29, 1.82) is 0 Å². The van der Waals surface area contributed by atoms with E-state index in [9.17, 15) is 4.79 Å². The zero-order chi connectivity index (χ0) is 14.4. The molecule has 0 fully saturated rings. The fourth-order valence-electron chi connectivity index (χ4n) is 1.87. The fourth-order valence-corrected chi connectivity index (χ4v) is 2.87. The SMILES string of the molecule is CC(CNC(=O)C(S)Cc1ccccc1)c1nccs1. The molecule has 0 bridgehead atoms. The minimum atomic E-state index is -0.319. The van der Waals surface area contributed by atoms with E-state index in [2.05, 4.69) is 29.9 Å². The second-order valence-electron chi connectivity index (χ2n) is 4.72. The summed E-state index contributed by atoms with van der Waals surface area (Å²) in [6.45, 7) is 2.65. The molecule has 2 rings (SSSR count). The smallest absolute Gasteiger partial charge is 0.233 e. The first-order chi connectivity index (χ1) is 9.66. The van der Waals surface area contributed by atoms with Crippen molar-refractivity contribution in [3.05, 3.63) is 52.5 Å². The van der Waals surface area contributed by atoms with Gasteiger partial charge in [-0.1, -0.05) is 37.3 Å². The molecule has 1 heterocycles. The highest BCUT2D eigenvalue weighted by Gasteiger charge is 2.16. The predicted molar refractivity (Wildman–Crippen MR) is 86.5 cm³/mol. The molecule has 20 heavy (non-hydrogen) atoms. The predicted octanol–water partition coefficient (Wildman–Crippen LogP) is 2.90. The third kappa shape index (κ3) is 4.35. The van der Waals surface area contributed by atoms with Crippen LogP contribution in [0.15, 0.2) is 41.9 Å². The summed E-state index contributed by atoms with van der Waals surface area (Å²) in [5.41, 5.74) is 1.12. The third-order valence-electron chi connectivity index (χ3n) is 3.03. The maximum atomic E-state index is 12.0. The Bertz CT molecular complexity index is 528. The maximum Gasteiger partial charge on any atom is 0.233 e. The number of hydrogen-bond donors (Lipinski definition) is 2. The van der Waals surface area contributed by atoms with Crippen molar-refractivity contribution in [2.24, 2.45) is 0 Å². The van der Waals surface area contributed by atoms with Crippen molar-refractivity contribution in [2.75, 3.05) is 6.54 Å². The molecule has 2 aromatic rings. The molecule has 0 aliphatic carbocycles. The molecule has 5 heteroatoms. The standard InChI is InChI=1S/C15H18N2OS2/c1-11(15-16-7-8-20-15)10-17-14(18)13(19)9-12-5-3-2-4-6-12/h2-8,11,13,19H,9-10H2,1H3,(H,17,18). The van der Waals surface area contributed by atoms with Gasteiger partial charge in [0, 0.05) is 24.0 Å². The summed E-state index contributed by atoms with van der Waals surface area (Å²) >= 11 is 6.00. The van der Waals surface area contributed by atoms with Crippen LogP contribution in [0.5, 0.6) is 0 Å². The maximum absolute atomic E-state index is 12.0. The molecule has 1 aromatic carbocycles. The Morgan fingerprint density at radius 2 is 2.15 bits per heavy atom. The highest BCUT2D eigenvalue weighted by Crippen LogP contribution is 2.16. The molecule has 0 saturated carbocycles. The van der Waals surface area contributed by atoms with Gasteiger partial charge in [0.05, 0.1) is 10.3 Å². The topological polar surface area (TPSA) is 42.0 Å². The van der Waals surface area contributed by atoms with E-state index < -0.39 is 0 Å². The second-order valence-corrected chi connectivity index (χ2v) is 6.27. The van der Waals surface area contributed by atoms with Gasteiger partial charge in [-0.25, -0.2) is 4.98 Å². The van der Waals surface area contributed by atoms with E-state index >= 15 is 0 Å². The largest absolute Gasteiger partial charge is 0.354 e. The number of thiazole rings is 1. The van der Waals surface area contributed by atoms with Crippen LogP contribution < -0.4 is 5.32 Å². The molecule has 0 aliphatic rings. The molecule has 3 nitrogen and oxygen atoms in total. The molecule has 0 spiro atoms. The van der Waals surface area contributed by atoms with Crippen molar-refractivity contribution >= 4 is 29.9 Å². The normalized spacial score (nSPS) is 13.7. The van der Waals surface area contributed by atoms with E-state index in [1.54, 1.807) is 17.5 Å². The second kappa shape index (κ2) is 7.45. The minimum Gasteiger partial charge on any atom is -0.354 e. The number of nitrogens with one attached hydrogen (secondary N) is 1. The summed E-state index contributed by atoms with van der Waals surface area (Å²) in [5.74, 6) is 0.205. The number of carbonyl (C=O) groups is 1. The first-order valence-electron chi connectivity index (χ1n) is 6.56. The van der Waals surface area contributed by atoms with Crippen LogP contribution in [0.2, 0.25) is 0 Å². The van der Waals surface area contributed by atoms with Crippen LogP contribution in [0.3, 0.4) is 0 Å². The molecule has 1 amide bonds. The van der Waals surface area contributed by atoms with E-state index in [1.165, 1.54) is 0 Å². The Labute approximate surface area is 128 Å². The molecule has 1 aromatic heterocycles. The Kier molecular flexibility index (Phi) is 5.61. The summed E-state index contributed by atoms with van der Waals surface area (Å²) < 4.78 is 0. The number of aromatic nitrogens is 1. The number of nitrogens with zero attached hydrogens (tertiary/aromatic N) is 1. The lowest BCUT2D eigenvalue weighted by atomic mass is 10.1. The number of amides is 1. The van der Waals surface area contributed by atoms with Crippen LogP contribution in [0.1, 0.15) is 23.4 Å². The Morgan fingerprint density at radius 1 is 1.40 bits per heavy atom. The highest BCUT2D eigenvalue weighted by molar-refractivity contribution is 7.81. The van der Waals surface area contributed by atoms with Crippen molar-refractivity contribution < 1.29 is 4.79 Å². The molecule has 0 radical (unpaired) electrons. The number of carbonyl (C=O) groups excluding carboxylic acids is 1. The zero-order valence-corrected chi connectivity index (χ0v) is 13.0. The van der Waals surface area contributed by atoms with Gasteiger partial charge in [0.1, 0.15) is 0 Å². The molecule has 1 N–H and O–H groups in total. The molecular weight excluding hydrogens is 288 g/mol. The molecular formula is C15H18N2OS2. The fraction of sp³-hybridized carbons (Fsp3) is 0.333. The number of thiol groups is 1. The van der Waals surface area contributed by atoms with E-state index in [0.717, 1.165) is 10.6 Å².